The Hall–Kier alpha value is -3.03. The Morgan fingerprint density at radius 2 is 1.50 bits per heavy atom. The largest absolute Gasteiger partial charge is 0.496 e. The van der Waals surface area contributed by atoms with Gasteiger partial charge in [0.1, 0.15) is 5.75 Å². The number of nitrogens with one attached hydrogen (secondary N) is 1. The van der Waals surface area contributed by atoms with E-state index in [4.69, 9.17) is 4.74 Å². The molecule has 2 atom stereocenters. The van der Waals surface area contributed by atoms with E-state index in [1.807, 2.05) is 16.7 Å². The van der Waals surface area contributed by atoms with Gasteiger partial charge in [0.2, 0.25) is 5.95 Å². The summed E-state index contributed by atoms with van der Waals surface area (Å²) in [6.07, 6.45) is 13.5. The van der Waals surface area contributed by atoms with E-state index in [-0.39, 0.29) is 0 Å². The first-order valence-electron chi connectivity index (χ1n) is 13.9. The first kappa shape index (κ1) is 25.3. The molecule has 1 aliphatic carbocycles. The van der Waals surface area contributed by atoms with Crippen molar-refractivity contribution in [3.63, 3.8) is 0 Å². The lowest BCUT2D eigenvalue weighted by atomic mass is 9.92. The number of aromatic nitrogens is 3. The van der Waals surface area contributed by atoms with Gasteiger partial charge in [0.25, 0.3) is 0 Å². The second-order valence-corrected chi connectivity index (χ2v) is 11.2. The predicted molar refractivity (Wildman–Crippen MR) is 156 cm³/mol. The van der Waals surface area contributed by atoms with E-state index in [0.717, 1.165) is 29.4 Å². The van der Waals surface area contributed by atoms with Gasteiger partial charge in [0, 0.05) is 36.2 Å². The summed E-state index contributed by atoms with van der Waals surface area (Å²) in [4.78, 5) is 2.83. The van der Waals surface area contributed by atoms with Crippen molar-refractivity contribution < 1.29 is 4.74 Å². The van der Waals surface area contributed by atoms with Gasteiger partial charge >= 0.3 is 0 Å². The molecule has 2 unspecified atom stereocenters. The summed E-state index contributed by atoms with van der Waals surface area (Å²) in [6.45, 7) is 0. The molecule has 0 radical (unpaired) electrons. The summed E-state index contributed by atoms with van der Waals surface area (Å²) >= 11 is 1.51. The summed E-state index contributed by atoms with van der Waals surface area (Å²) in [6, 6.07) is 26.1. The Labute approximate surface area is 229 Å². The highest BCUT2D eigenvalue weighted by atomic mass is 32.2. The van der Waals surface area contributed by atoms with Crippen molar-refractivity contribution >= 4 is 23.5 Å². The highest BCUT2D eigenvalue weighted by Crippen LogP contribution is 2.45. The fraction of sp³-hybridized carbons (Fsp3) is 0.419. The third-order valence-electron chi connectivity index (χ3n) is 8.25. The fourth-order valence-electron chi connectivity index (χ4n) is 6.36. The zero-order valence-electron chi connectivity index (χ0n) is 22.3. The van der Waals surface area contributed by atoms with Crippen molar-refractivity contribution in [1.82, 2.24) is 19.5 Å². The molecule has 0 spiro atoms. The van der Waals surface area contributed by atoms with Crippen molar-refractivity contribution in [3.8, 4) is 5.75 Å². The molecule has 3 fully saturated rings. The molecule has 1 N–H and O–H groups in total. The number of anilines is 1. The van der Waals surface area contributed by atoms with E-state index >= 15 is 0 Å². The van der Waals surface area contributed by atoms with E-state index in [1.165, 1.54) is 73.6 Å². The summed E-state index contributed by atoms with van der Waals surface area (Å²) in [5.74, 6) is 2.32. The van der Waals surface area contributed by atoms with Gasteiger partial charge in [0.15, 0.2) is 5.65 Å². The van der Waals surface area contributed by atoms with Crippen LogP contribution >= 0.6 is 11.9 Å². The van der Waals surface area contributed by atoms with Crippen molar-refractivity contribution in [3.05, 3.63) is 89.6 Å². The molecule has 2 aromatic heterocycles. The van der Waals surface area contributed by atoms with Crippen LogP contribution < -0.4 is 9.46 Å². The van der Waals surface area contributed by atoms with Crippen LogP contribution in [0, 0.1) is 0 Å². The van der Waals surface area contributed by atoms with Crippen molar-refractivity contribution in [2.24, 2.45) is 0 Å². The van der Waals surface area contributed by atoms with Gasteiger partial charge in [-0.05, 0) is 55.6 Å². The second-order valence-electron chi connectivity index (χ2n) is 10.6. The summed E-state index contributed by atoms with van der Waals surface area (Å²) in [7, 11) is 1.70. The number of hydrogen-bond donors (Lipinski definition) is 1. The minimum Gasteiger partial charge on any atom is -0.496 e. The monoisotopic (exact) mass is 527 g/mol. The third-order valence-corrected chi connectivity index (χ3v) is 8.63. The average Bonchev–Trinajstić information content (AvgIpc) is 3.70. The normalized spacial score (nSPS) is 20.8. The molecule has 6 nitrogen and oxygen atoms in total. The van der Waals surface area contributed by atoms with E-state index in [2.05, 4.69) is 86.7 Å². The Kier molecular flexibility index (Phi) is 7.56. The van der Waals surface area contributed by atoms with Crippen LogP contribution in [0.15, 0.2) is 72.9 Å². The lowest BCUT2D eigenvalue weighted by Crippen LogP contribution is -2.42. The van der Waals surface area contributed by atoms with Gasteiger partial charge in [-0.15, -0.1) is 10.2 Å². The maximum Gasteiger partial charge on any atom is 0.239 e. The average molecular weight is 528 g/mol. The molecular formula is C31H37N5OS. The minimum atomic E-state index is 0.435. The fourth-order valence-corrected chi connectivity index (χ4v) is 6.68. The van der Waals surface area contributed by atoms with Crippen molar-refractivity contribution in [1.29, 1.82) is 0 Å². The molecule has 2 aromatic carbocycles. The van der Waals surface area contributed by atoms with E-state index in [1.54, 1.807) is 7.11 Å². The lowest BCUT2D eigenvalue weighted by molar-refractivity contribution is 0.105. The van der Waals surface area contributed by atoms with Crippen LogP contribution in [-0.2, 0) is 0 Å². The molecule has 4 heterocycles. The standard InChI is InChI=1S/C20H23N.C11H14N4OS/c1-3-8-16(9-4-1)20(17-10-5-2-6-11-17)21-18-12-7-13-19(21)15-14-18;1-16-9-5-10-12-13-11(14-17-2)15(10)6-8(9)7-3-4-7/h1-6,8-11,18-20H,7,12-15H2;5-7H,3-4H2,1-2H3,(H,13,14). The molecule has 198 valence electrons. The van der Waals surface area contributed by atoms with Crippen LogP contribution in [0.25, 0.3) is 5.65 Å². The molecule has 0 amide bonds. The highest BCUT2D eigenvalue weighted by molar-refractivity contribution is 7.99. The molecular weight excluding hydrogens is 490 g/mol. The quantitative estimate of drug-likeness (QED) is 0.259. The summed E-state index contributed by atoms with van der Waals surface area (Å²) < 4.78 is 10.5. The molecule has 3 aliphatic rings. The Morgan fingerprint density at radius 1 is 0.868 bits per heavy atom. The molecule has 2 aliphatic heterocycles. The van der Waals surface area contributed by atoms with Crippen molar-refractivity contribution in [2.45, 2.75) is 69.0 Å². The van der Waals surface area contributed by atoms with Gasteiger partial charge in [-0.3, -0.25) is 14.0 Å². The molecule has 2 saturated heterocycles. The highest BCUT2D eigenvalue weighted by Gasteiger charge is 2.41. The van der Waals surface area contributed by atoms with Crippen LogP contribution in [-0.4, -0.2) is 44.9 Å². The van der Waals surface area contributed by atoms with Gasteiger partial charge in [0.05, 0.1) is 13.2 Å². The molecule has 4 aromatic rings. The smallest absolute Gasteiger partial charge is 0.239 e. The number of nitrogens with zero attached hydrogens (tertiary/aromatic N) is 4. The number of benzene rings is 2. The molecule has 7 rings (SSSR count). The third kappa shape index (κ3) is 5.14. The van der Waals surface area contributed by atoms with Crippen LogP contribution in [0.1, 0.15) is 73.6 Å². The number of fused-ring (bicyclic) bond motifs is 3. The van der Waals surface area contributed by atoms with E-state index < -0.39 is 0 Å². The number of ether oxygens (including phenoxy) is 1. The summed E-state index contributed by atoms with van der Waals surface area (Å²) in [5.41, 5.74) is 4.96. The zero-order chi connectivity index (χ0) is 25.9. The predicted octanol–water partition coefficient (Wildman–Crippen LogP) is 7.10. The van der Waals surface area contributed by atoms with Gasteiger partial charge in [-0.25, -0.2) is 0 Å². The zero-order valence-corrected chi connectivity index (χ0v) is 23.1. The molecule has 38 heavy (non-hydrogen) atoms. The van der Waals surface area contributed by atoms with E-state index in [0.29, 0.717) is 12.0 Å². The van der Waals surface area contributed by atoms with Gasteiger partial charge < -0.3 is 4.74 Å². The molecule has 1 saturated carbocycles. The number of rotatable bonds is 7. The maximum atomic E-state index is 5.42. The SMILES string of the molecule is COc1cc2nnc(NSC)n2cc1C1CC1.c1ccc(C(c2ccccc2)N2C3CCCC2CC3)cc1. The topological polar surface area (TPSA) is 54.7 Å². The lowest BCUT2D eigenvalue weighted by Gasteiger charge is -2.41. The number of hydrogen-bond acceptors (Lipinski definition) is 6. The van der Waals surface area contributed by atoms with Gasteiger partial charge in [-0.1, -0.05) is 79.0 Å². The number of methoxy groups -OCH3 is 1. The minimum absolute atomic E-state index is 0.435. The van der Waals surface area contributed by atoms with Crippen LogP contribution in [0.5, 0.6) is 5.75 Å². The van der Waals surface area contributed by atoms with Crippen LogP contribution in [0.2, 0.25) is 0 Å². The van der Waals surface area contributed by atoms with Crippen LogP contribution in [0.4, 0.5) is 5.95 Å². The van der Waals surface area contributed by atoms with E-state index in [9.17, 15) is 0 Å². The number of pyridine rings is 1. The molecule has 7 heteroatoms. The first-order chi connectivity index (χ1) is 18.8. The van der Waals surface area contributed by atoms with Crippen LogP contribution in [0.3, 0.4) is 0 Å². The first-order valence-corrected chi connectivity index (χ1v) is 15.1. The Bertz CT molecular complexity index is 1290. The number of piperidine rings is 1. The van der Waals surface area contributed by atoms with Crippen molar-refractivity contribution in [2.75, 3.05) is 18.1 Å². The Morgan fingerprint density at radius 3 is 2.05 bits per heavy atom. The van der Waals surface area contributed by atoms with Gasteiger partial charge in [-0.2, -0.15) is 0 Å². The maximum absolute atomic E-state index is 5.42. The summed E-state index contributed by atoms with van der Waals surface area (Å²) in [5, 5.41) is 8.23. The Balaban J connectivity index is 0.000000142. The second kappa shape index (κ2) is 11.4. The molecule has 2 bridgehead atoms.